The summed E-state index contributed by atoms with van der Waals surface area (Å²) >= 11 is 0. The molecule has 0 spiro atoms. The molecule has 32 heavy (non-hydrogen) atoms. The molecular formula is C29H33NO2. The summed E-state index contributed by atoms with van der Waals surface area (Å²) in [6.07, 6.45) is 2.68. The standard InChI is InChI=1S/C29H33NO2/c1-21-17-22(19-26(18-21)31-2)20-32-29-25-13-15-30(16-14-25)28(29)27(23-9-5-3-6-10-23)24-11-7-4-8-12-24/h3-12,17-19,25,27-29H,13-16,20H2,1-2H3/t28-,29-/m1/s1. The van der Waals surface area contributed by atoms with E-state index in [-0.39, 0.29) is 6.10 Å². The van der Waals surface area contributed by atoms with Gasteiger partial charge < -0.3 is 9.47 Å². The van der Waals surface area contributed by atoms with Gasteiger partial charge in [-0.25, -0.2) is 0 Å². The van der Waals surface area contributed by atoms with Gasteiger partial charge >= 0.3 is 0 Å². The van der Waals surface area contributed by atoms with E-state index in [2.05, 4.69) is 90.7 Å². The van der Waals surface area contributed by atoms with Gasteiger partial charge in [-0.1, -0.05) is 66.7 Å². The molecule has 0 aromatic heterocycles. The van der Waals surface area contributed by atoms with Gasteiger partial charge in [-0.05, 0) is 73.2 Å². The first-order valence-electron chi connectivity index (χ1n) is 11.8. The fourth-order valence-electron chi connectivity index (χ4n) is 5.79. The van der Waals surface area contributed by atoms with Crippen LogP contribution in [0.25, 0.3) is 0 Å². The van der Waals surface area contributed by atoms with Crippen molar-refractivity contribution in [1.29, 1.82) is 0 Å². The minimum absolute atomic E-state index is 0.217. The third-order valence-electron chi connectivity index (χ3n) is 7.24. The summed E-state index contributed by atoms with van der Waals surface area (Å²) in [7, 11) is 1.73. The summed E-state index contributed by atoms with van der Waals surface area (Å²) in [5.74, 6) is 1.82. The van der Waals surface area contributed by atoms with Crippen LogP contribution in [0.1, 0.15) is 41.0 Å². The van der Waals surface area contributed by atoms with Gasteiger partial charge in [0.1, 0.15) is 5.75 Å². The monoisotopic (exact) mass is 427 g/mol. The number of nitrogens with zero attached hydrogens (tertiary/aromatic N) is 1. The Hall–Kier alpha value is -2.62. The fraction of sp³-hybridized carbons (Fsp3) is 0.379. The van der Waals surface area contributed by atoms with Crippen LogP contribution >= 0.6 is 0 Å². The predicted molar refractivity (Wildman–Crippen MR) is 129 cm³/mol. The highest BCUT2D eigenvalue weighted by Crippen LogP contribution is 2.43. The molecule has 2 bridgehead atoms. The van der Waals surface area contributed by atoms with Crippen molar-refractivity contribution in [3.05, 3.63) is 101 Å². The molecule has 2 atom stereocenters. The third kappa shape index (κ3) is 4.32. The van der Waals surface area contributed by atoms with Crippen molar-refractivity contribution in [3.8, 4) is 5.75 Å². The van der Waals surface area contributed by atoms with E-state index >= 15 is 0 Å². The maximum Gasteiger partial charge on any atom is 0.119 e. The Morgan fingerprint density at radius 3 is 2.09 bits per heavy atom. The van der Waals surface area contributed by atoms with Crippen LogP contribution in [-0.2, 0) is 11.3 Å². The van der Waals surface area contributed by atoms with Crippen LogP contribution in [0.15, 0.2) is 78.9 Å². The lowest BCUT2D eigenvalue weighted by atomic mass is 9.72. The van der Waals surface area contributed by atoms with Gasteiger partial charge in [-0.3, -0.25) is 4.90 Å². The van der Waals surface area contributed by atoms with E-state index in [1.54, 1.807) is 7.11 Å². The van der Waals surface area contributed by atoms with Crippen molar-refractivity contribution in [1.82, 2.24) is 4.90 Å². The first-order chi connectivity index (χ1) is 15.7. The minimum atomic E-state index is 0.217. The van der Waals surface area contributed by atoms with Crippen LogP contribution in [0.5, 0.6) is 5.75 Å². The van der Waals surface area contributed by atoms with Crippen molar-refractivity contribution >= 4 is 0 Å². The second-order valence-corrected chi connectivity index (χ2v) is 9.30. The highest BCUT2D eigenvalue weighted by atomic mass is 16.5. The van der Waals surface area contributed by atoms with Crippen LogP contribution in [0.4, 0.5) is 0 Å². The second-order valence-electron chi connectivity index (χ2n) is 9.30. The van der Waals surface area contributed by atoms with Crippen molar-refractivity contribution in [2.24, 2.45) is 5.92 Å². The molecule has 0 aliphatic carbocycles. The van der Waals surface area contributed by atoms with Crippen molar-refractivity contribution in [3.63, 3.8) is 0 Å². The summed E-state index contributed by atoms with van der Waals surface area (Å²) in [4.78, 5) is 2.69. The molecule has 0 amide bonds. The van der Waals surface area contributed by atoms with Crippen LogP contribution in [-0.4, -0.2) is 37.2 Å². The second kappa shape index (κ2) is 9.48. The van der Waals surface area contributed by atoms with E-state index in [0.29, 0.717) is 24.5 Å². The van der Waals surface area contributed by atoms with Gasteiger partial charge in [-0.15, -0.1) is 0 Å². The zero-order valence-corrected chi connectivity index (χ0v) is 19.1. The fourth-order valence-corrected chi connectivity index (χ4v) is 5.79. The maximum atomic E-state index is 6.80. The zero-order valence-electron chi connectivity index (χ0n) is 19.1. The molecule has 0 N–H and O–H groups in total. The van der Waals surface area contributed by atoms with E-state index in [1.807, 2.05) is 0 Å². The van der Waals surface area contributed by atoms with Crippen LogP contribution in [0.3, 0.4) is 0 Å². The zero-order chi connectivity index (χ0) is 21.9. The Morgan fingerprint density at radius 1 is 0.875 bits per heavy atom. The van der Waals surface area contributed by atoms with E-state index in [4.69, 9.17) is 9.47 Å². The van der Waals surface area contributed by atoms with Gasteiger partial charge in [0.15, 0.2) is 0 Å². The summed E-state index contributed by atoms with van der Waals surface area (Å²) < 4.78 is 12.3. The SMILES string of the molecule is COc1cc(C)cc(CO[C@@H]2C3CCN(CC3)[C@@H]2C(c2ccccc2)c2ccccc2)c1. The molecule has 6 rings (SSSR count). The lowest BCUT2D eigenvalue weighted by Crippen LogP contribution is -2.60. The van der Waals surface area contributed by atoms with Gasteiger partial charge in [0, 0.05) is 12.0 Å². The molecule has 0 saturated carbocycles. The largest absolute Gasteiger partial charge is 0.497 e. The normalized spacial score (nSPS) is 24.6. The molecule has 0 radical (unpaired) electrons. The van der Waals surface area contributed by atoms with E-state index in [0.717, 1.165) is 5.75 Å². The van der Waals surface area contributed by atoms with Gasteiger partial charge in [0.2, 0.25) is 0 Å². The minimum Gasteiger partial charge on any atom is -0.497 e. The average molecular weight is 428 g/mol. The van der Waals surface area contributed by atoms with Gasteiger partial charge in [0.05, 0.1) is 19.8 Å². The van der Waals surface area contributed by atoms with Crippen LogP contribution < -0.4 is 4.74 Å². The van der Waals surface area contributed by atoms with E-state index < -0.39 is 0 Å². The summed E-state index contributed by atoms with van der Waals surface area (Å²) in [5.41, 5.74) is 5.15. The van der Waals surface area contributed by atoms with Crippen molar-refractivity contribution < 1.29 is 9.47 Å². The van der Waals surface area contributed by atoms with Gasteiger partial charge in [-0.2, -0.15) is 0 Å². The average Bonchev–Trinajstić information content (AvgIpc) is 2.85. The molecule has 3 aliphatic heterocycles. The number of hydrogen-bond acceptors (Lipinski definition) is 3. The van der Waals surface area contributed by atoms with Gasteiger partial charge in [0.25, 0.3) is 0 Å². The number of hydrogen-bond donors (Lipinski definition) is 0. The first kappa shape index (κ1) is 21.2. The number of ether oxygens (including phenoxy) is 2. The number of fused-ring (bicyclic) bond motifs is 3. The third-order valence-corrected chi connectivity index (χ3v) is 7.24. The number of piperidine rings is 3. The quantitative estimate of drug-likeness (QED) is 0.475. The molecule has 3 aromatic rings. The predicted octanol–water partition coefficient (Wildman–Crippen LogP) is 5.82. The summed E-state index contributed by atoms with van der Waals surface area (Å²) in [5, 5.41) is 0. The van der Waals surface area contributed by atoms with Crippen LogP contribution in [0.2, 0.25) is 0 Å². The molecular weight excluding hydrogens is 394 g/mol. The molecule has 3 aromatic carbocycles. The Kier molecular flexibility index (Phi) is 6.29. The number of benzene rings is 3. The first-order valence-corrected chi connectivity index (χ1v) is 11.8. The molecule has 3 heterocycles. The number of rotatable bonds is 7. The molecule has 3 nitrogen and oxygen atoms in total. The molecule has 3 aliphatic rings. The smallest absolute Gasteiger partial charge is 0.119 e. The Morgan fingerprint density at radius 2 is 1.50 bits per heavy atom. The maximum absolute atomic E-state index is 6.80. The van der Waals surface area contributed by atoms with E-state index in [1.165, 1.54) is 48.2 Å². The number of methoxy groups -OCH3 is 1. The van der Waals surface area contributed by atoms with Crippen molar-refractivity contribution in [2.75, 3.05) is 20.2 Å². The van der Waals surface area contributed by atoms with Crippen molar-refractivity contribution in [2.45, 2.75) is 44.4 Å². The molecule has 3 saturated heterocycles. The Bertz CT molecular complexity index is 972. The molecule has 166 valence electrons. The Labute approximate surface area is 192 Å². The number of aryl methyl sites for hydroxylation is 1. The topological polar surface area (TPSA) is 21.7 Å². The van der Waals surface area contributed by atoms with E-state index in [9.17, 15) is 0 Å². The highest BCUT2D eigenvalue weighted by molar-refractivity contribution is 5.36. The lowest BCUT2D eigenvalue weighted by Gasteiger charge is -2.53. The summed E-state index contributed by atoms with van der Waals surface area (Å²) in [6.45, 7) is 5.08. The van der Waals surface area contributed by atoms with Crippen LogP contribution in [0, 0.1) is 12.8 Å². The highest BCUT2D eigenvalue weighted by Gasteiger charge is 2.47. The molecule has 3 heteroatoms. The lowest BCUT2D eigenvalue weighted by molar-refractivity contribution is -0.120. The molecule has 3 fully saturated rings. The Balaban J connectivity index is 1.48. The molecule has 0 unspecified atom stereocenters. The summed E-state index contributed by atoms with van der Waals surface area (Å²) in [6, 6.07) is 28.7.